The van der Waals surface area contributed by atoms with E-state index in [2.05, 4.69) is 69.8 Å². The van der Waals surface area contributed by atoms with E-state index in [0.29, 0.717) is 0 Å². The minimum atomic E-state index is 0. The van der Waals surface area contributed by atoms with Crippen molar-refractivity contribution >= 4 is 35.6 Å². The maximum Gasteiger partial charge on any atom is 0.198 e. The molecule has 1 aliphatic rings. The van der Waals surface area contributed by atoms with Gasteiger partial charge in [0.15, 0.2) is 5.96 Å². The second-order valence-corrected chi connectivity index (χ2v) is 5.59. The molecule has 0 aliphatic carbocycles. The highest BCUT2D eigenvalue weighted by atomic mass is 127. The smallest absolute Gasteiger partial charge is 0.198 e. The highest BCUT2D eigenvalue weighted by molar-refractivity contribution is 14.0. The summed E-state index contributed by atoms with van der Waals surface area (Å²) in [5.74, 6) is 0.984. The van der Waals surface area contributed by atoms with Crippen molar-refractivity contribution in [1.29, 1.82) is 0 Å². The van der Waals surface area contributed by atoms with Gasteiger partial charge < -0.3 is 10.2 Å². The summed E-state index contributed by atoms with van der Waals surface area (Å²) in [4.78, 5) is 6.73. The van der Waals surface area contributed by atoms with Gasteiger partial charge >= 0.3 is 0 Å². The van der Waals surface area contributed by atoms with Crippen molar-refractivity contribution in [3.63, 3.8) is 0 Å². The second kappa shape index (κ2) is 8.91. The van der Waals surface area contributed by atoms with Gasteiger partial charge in [0.1, 0.15) is 0 Å². The van der Waals surface area contributed by atoms with Crippen molar-refractivity contribution in [2.24, 2.45) is 4.99 Å². The number of aliphatic imine (C=N–C) groups is 1. The zero-order chi connectivity index (χ0) is 15.2. The van der Waals surface area contributed by atoms with Crippen LogP contribution in [0.1, 0.15) is 17.5 Å². The molecule has 4 heteroatoms. The lowest BCUT2D eigenvalue weighted by atomic mass is 10.1. The normalized spacial score (nSPS) is 13.4. The molecule has 2 aromatic rings. The van der Waals surface area contributed by atoms with Crippen LogP contribution in [0.15, 0.2) is 59.6 Å². The van der Waals surface area contributed by atoms with Crippen LogP contribution >= 0.6 is 24.0 Å². The molecule has 0 atom stereocenters. The summed E-state index contributed by atoms with van der Waals surface area (Å²) < 4.78 is 0. The van der Waals surface area contributed by atoms with Crippen LogP contribution in [0.4, 0.5) is 5.69 Å². The lowest BCUT2D eigenvalue weighted by molar-refractivity contribution is 0.761. The van der Waals surface area contributed by atoms with Crippen LogP contribution in [0.25, 0.3) is 0 Å². The van der Waals surface area contributed by atoms with Crippen LogP contribution < -0.4 is 10.2 Å². The molecule has 0 radical (unpaired) electrons. The van der Waals surface area contributed by atoms with Gasteiger partial charge in [-0.2, -0.15) is 0 Å². The molecular formula is C19H24IN3. The lowest BCUT2D eigenvalue weighted by Crippen LogP contribution is -2.41. The number of anilines is 1. The van der Waals surface area contributed by atoms with Crippen LogP contribution in [0.2, 0.25) is 0 Å². The number of hydrogen-bond donors (Lipinski definition) is 1. The molecule has 23 heavy (non-hydrogen) atoms. The van der Waals surface area contributed by atoms with Gasteiger partial charge in [-0.25, -0.2) is 0 Å². The van der Waals surface area contributed by atoms with Crippen LogP contribution in [0.3, 0.4) is 0 Å². The minimum absolute atomic E-state index is 0. The Morgan fingerprint density at radius 2 is 1.83 bits per heavy atom. The van der Waals surface area contributed by atoms with E-state index in [-0.39, 0.29) is 24.0 Å². The summed E-state index contributed by atoms with van der Waals surface area (Å²) in [5, 5.41) is 3.50. The Kier molecular flexibility index (Phi) is 6.89. The number of para-hydroxylation sites is 1. The molecule has 1 N–H and O–H groups in total. The third kappa shape index (κ3) is 4.47. The zero-order valence-corrected chi connectivity index (χ0v) is 15.9. The predicted octanol–water partition coefficient (Wildman–Crippen LogP) is 3.88. The molecule has 0 saturated carbocycles. The third-order valence-corrected chi connectivity index (χ3v) is 4.12. The first-order valence-corrected chi connectivity index (χ1v) is 7.98. The van der Waals surface area contributed by atoms with E-state index in [1.807, 2.05) is 7.05 Å². The van der Waals surface area contributed by atoms with Gasteiger partial charge in [-0.15, -0.1) is 24.0 Å². The summed E-state index contributed by atoms with van der Waals surface area (Å²) in [6.45, 7) is 1.96. The molecule has 0 aromatic heterocycles. The van der Waals surface area contributed by atoms with Gasteiger partial charge in [0.05, 0.1) is 0 Å². The van der Waals surface area contributed by atoms with Crippen LogP contribution in [-0.2, 0) is 12.8 Å². The topological polar surface area (TPSA) is 27.6 Å². The molecule has 0 fully saturated rings. The van der Waals surface area contributed by atoms with Crippen molar-refractivity contribution in [3.8, 4) is 0 Å². The number of guanidine groups is 1. The number of fused-ring (bicyclic) bond motifs is 1. The summed E-state index contributed by atoms with van der Waals surface area (Å²) >= 11 is 0. The Hall–Kier alpha value is -1.56. The second-order valence-electron chi connectivity index (χ2n) is 5.59. The Morgan fingerprint density at radius 3 is 2.61 bits per heavy atom. The summed E-state index contributed by atoms with van der Waals surface area (Å²) in [6, 6.07) is 19.2. The molecular weight excluding hydrogens is 397 g/mol. The van der Waals surface area contributed by atoms with E-state index < -0.39 is 0 Å². The van der Waals surface area contributed by atoms with E-state index >= 15 is 0 Å². The predicted molar refractivity (Wildman–Crippen MR) is 109 cm³/mol. The first-order chi connectivity index (χ1) is 10.9. The van der Waals surface area contributed by atoms with Gasteiger partial charge in [0.25, 0.3) is 0 Å². The van der Waals surface area contributed by atoms with Gasteiger partial charge in [-0.05, 0) is 36.5 Å². The molecule has 2 aromatic carbocycles. The van der Waals surface area contributed by atoms with Crippen LogP contribution in [0.5, 0.6) is 0 Å². The highest BCUT2D eigenvalue weighted by Gasteiger charge is 2.21. The van der Waals surface area contributed by atoms with Gasteiger partial charge in [-0.3, -0.25) is 4.99 Å². The lowest BCUT2D eigenvalue weighted by Gasteiger charge is -2.22. The molecule has 3 nitrogen and oxygen atoms in total. The van der Waals surface area contributed by atoms with E-state index in [4.69, 9.17) is 0 Å². The number of rotatable bonds is 4. The fraction of sp³-hybridized carbons (Fsp3) is 0.316. The van der Waals surface area contributed by atoms with Crippen molar-refractivity contribution < 1.29 is 0 Å². The zero-order valence-electron chi connectivity index (χ0n) is 13.5. The molecule has 1 heterocycles. The first kappa shape index (κ1) is 17.8. The average Bonchev–Trinajstić information content (AvgIpc) is 3.00. The Labute approximate surface area is 155 Å². The third-order valence-electron chi connectivity index (χ3n) is 4.12. The van der Waals surface area contributed by atoms with Gasteiger partial charge in [-0.1, -0.05) is 48.5 Å². The maximum atomic E-state index is 4.44. The largest absolute Gasteiger partial charge is 0.356 e. The van der Waals surface area contributed by atoms with Crippen LogP contribution in [0, 0.1) is 0 Å². The molecule has 0 bridgehead atoms. The maximum absolute atomic E-state index is 4.44. The SMILES string of the molecule is CN=C(NCCCc1ccccc1)N1CCc2ccccc21.I. The monoisotopic (exact) mass is 421 g/mol. The van der Waals surface area contributed by atoms with E-state index in [1.165, 1.54) is 16.8 Å². The van der Waals surface area contributed by atoms with E-state index in [9.17, 15) is 0 Å². The minimum Gasteiger partial charge on any atom is -0.356 e. The number of aryl methyl sites for hydroxylation is 1. The number of nitrogens with zero attached hydrogens (tertiary/aromatic N) is 2. The molecule has 1 aliphatic heterocycles. The number of halogens is 1. The first-order valence-electron chi connectivity index (χ1n) is 7.98. The van der Waals surface area contributed by atoms with Crippen molar-refractivity contribution in [1.82, 2.24) is 5.32 Å². The molecule has 0 amide bonds. The number of nitrogens with one attached hydrogen (secondary N) is 1. The van der Waals surface area contributed by atoms with E-state index in [0.717, 1.165) is 38.3 Å². The fourth-order valence-corrected chi connectivity index (χ4v) is 2.99. The number of benzene rings is 2. The van der Waals surface area contributed by atoms with Crippen molar-refractivity contribution in [2.45, 2.75) is 19.3 Å². The van der Waals surface area contributed by atoms with Crippen LogP contribution in [-0.4, -0.2) is 26.1 Å². The Balaban J connectivity index is 0.00000192. The molecule has 0 spiro atoms. The Morgan fingerprint density at radius 1 is 1.09 bits per heavy atom. The van der Waals surface area contributed by atoms with Crippen molar-refractivity contribution in [2.75, 3.05) is 25.0 Å². The molecule has 122 valence electrons. The van der Waals surface area contributed by atoms with Gasteiger partial charge in [0, 0.05) is 25.8 Å². The number of hydrogen-bond acceptors (Lipinski definition) is 1. The molecule has 3 rings (SSSR count). The molecule has 0 unspecified atom stereocenters. The highest BCUT2D eigenvalue weighted by Crippen LogP contribution is 2.27. The van der Waals surface area contributed by atoms with Crippen molar-refractivity contribution in [3.05, 3.63) is 65.7 Å². The molecule has 0 saturated heterocycles. The summed E-state index contributed by atoms with van der Waals surface area (Å²) in [6.07, 6.45) is 3.31. The standard InChI is InChI=1S/C19H23N3.HI/c1-20-19(21-14-7-10-16-8-3-2-4-9-16)22-15-13-17-11-5-6-12-18(17)22;/h2-6,8-9,11-12H,7,10,13-15H2,1H3,(H,20,21);1H. The Bertz CT molecular complexity index is 640. The summed E-state index contributed by atoms with van der Waals surface area (Å²) in [5.41, 5.74) is 4.10. The fourth-order valence-electron chi connectivity index (χ4n) is 2.99. The average molecular weight is 421 g/mol. The quantitative estimate of drug-likeness (QED) is 0.351. The van der Waals surface area contributed by atoms with Gasteiger partial charge in [0.2, 0.25) is 0 Å². The van der Waals surface area contributed by atoms with E-state index in [1.54, 1.807) is 0 Å². The summed E-state index contributed by atoms with van der Waals surface area (Å²) in [7, 11) is 1.86.